The van der Waals surface area contributed by atoms with Gasteiger partial charge < -0.3 is 10.5 Å². The summed E-state index contributed by atoms with van der Waals surface area (Å²) < 4.78 is 5.72. The van der Waals surface area contributed by atoms with Gasteiger partial charge in [0.25, 0.3) is 0 Å². The van der Waals surface area contributed by atoms with Crippen molar-refractivity contribution in [3.05, 3.63) is 47.3 Å². The fourth-order valence-corrected chi connectivity index (χ4v) is 1.77. The minimum Gasteiger partial charge on any atom is -0.493 e. The minimum atomic E-state index is 0.328. The van der Waals surface area contributed by atoms with Gasteiger partial charge in [-0.2, -0.15) is 0 Å². The number of aryl methyl sites for hydroxylation is 2. The first-order valence-electron chi connectivity index (χ1n) is 6.28. The van der Waals surface area contributed by atoms with Gasteiger partial charge in [-0.25, -0.2) is 15.0 Å². The third-order valence-corrected chi connectivity index (χ3v) is 2.70. The first-order chi connectivity index (χ1) is 9.19. The van der Waals surface area contributed by atoms with Gasteiger partial charge in [0, 0.05) is 6.42 Å². The van der Waals surface area contributed by atoms with E-state index in [-0.39, 0.29) is 0 Å². The average Bonchev–Trinajstić information content (AvgIpc) is 2.40. The molecule has 0 aliphatic heterocycles. The predicted molar refractivity (Wildman–Crippen MR) is 72.8 cm³/mol. The number of para-hydroxylation sites is 1. The van der Waals surface area contributed by atoms with Crippen LogP contribution in [0.15, 0.2) is 24.3 Å². The molecular formula is C14H18N4O. The number of aromatic nitrogens is 3. The molecule has 0 saturated carbocycles. The van der Waals surface area contributed by atoms with E-state index in [2.05, 4.69) is 15.0 Å². The van der Waals surface area contributed by atoms with Crippen LogP contribution in [0, 0.1) is 13.8 Å². The molecule has 0 unspecified atom stereocenters. The van der Waals surface area contributed by atoms with Crippen molar-refractivity contribution in [3.63, 3.8) is 0 Å². The maximum Gasteiger partial charge on any atom is 0.146 e. The number of rotatable bonds is 5. The lowest BCUT2D eigenvalue weighted by atomic mass is 10.2. The Morgan fingerprint density at radius 3 is 2.53 bits per heavy atom. The number of benzene rings is 1. The highest BCUT2D eigenvalue weighted by atomic mass is 16.5. The molecule has 1 heterocycles. The van der Waals surface area contributed by atoms with E-state index in [9.17, 15) is 0 Å². The summed E-state index contributed by atoms with van der Waals surface area (Å²) in [5.41, 5.74) is 6.67. The molecule has 0 atom stereocenters. The van der Waals surface area contributed by atoms with Gasteiger partial charge in [-0.05, 0) is 25.5 Å². The second-order valence-corrected chi connectivity index (χ2v) is 4.28. The number of nitrogens with two attached hydrogens (primary N) is 1. The third-order valence-electron chi connectivity index (χ3n) is 2.70. The molecule has 1 aromatic heterocycles. The molecule has 0 aliphatic rings. The van der Waals surface area contributed by atoms with Gasteiger partial charge in [0.15, 0.2) is 0 Å². The predicted octanol–water partition coefficient (Wildman–Crippen LogP) is 1.57. The van der Waals surface area contributed by atoms with E-state index in [1.807, 2.05) is 38.1 Å². The lowest BCUT2D eigenvalue weighted by Crippen LogP contribution is -2.12. The molecule has 2 aromatic rings. The molecule has 1 aromatic carbocycles. The third kappa shape index (κ3) is 3.72. The molecule has 19 heavy (non-hydrogen) atoms. The van der Waals surface area contributed by atoms with Crippen LogP contribution in [-0.2, 0) is 13.0 Å². The van der Waals surface area contributed by atoms with Crippen molar-refractivity contribution >= 4 is 0 Å². The Kier molecular flexibility index (Phi) is 4.41. The normalized spacial score (nSPS) is 10.5. The van der Waals surface area contributed by atoms with Gasteiger partial charge in [-0.15, -0.1) is 0 Å². The standard InChI is InChI=1S/C14H18N4O/c1-10-5-3-4-6-12(10)19-8-7-13-16-11(2)17-14(9-15)18-13/h3-6H,7-9,15H2,1-2H3. The Morgan fingerprint density at radius 2 is 1.79 bits per heavy atom. The van der Waals surface area contributed by atoms with Crippen LogP contribution in [-0.4, -0.2) is 21.6 Å². The van der Waals surface area contributed by atoms with Crippen LogP contribution >= 0.6 is 0 Å². The monoisotopic (exact) mass is 258 g/mol. The molecule has 5 nitrogen and oxygen atoms in total. The Labute approximate surface area is 112 Å². The maximum atomic E-state index is 5.72. The average molecular weight is 258 g/mol. The van der Waals surface area contributed by atoms with Crippen molar-refractivity contribution in [2.45, 2.75) is 26.8 Å². The molecule has 2 N–H and O–H groups in total. The summed E-state index contributed by atoms with van der Waals surface area (Å²) in [6, 6.07) is 7.93. The lowest BCUT2D eigenvalue weighted by Gasteiger charge is -2.08. The van der Waals surface area contributed by atoms with Crippen molar-refractivity contribution in [2.24, 2.45) is 5.73 Å². The Morgan fingerprint density at radius 1 is 1.05 bits per heavy atom. The van der Waals surface area contributed by atoms with Crippen LogP contribution in [0.2, 0.25) is 0 Å². The Balaban J connectivity index is 1.96. The van der Waals surface area contributed by atoms with Crippen LogP contribution in [0.5, 0.6) is 5.75 Å². The van der Waals surface area contributed by atoms with Gasteiger partial charge in [-0.3, -0.25) is 0 Å². The topological polar surface area (TPSA) is 73.9 Å². The van der Waals surface area contributed by atoms with Gasteiger partial charge >= 0.3 is 0 Å². The van der Waals surface area contributed by atoms with E-state index >= 15 is 0 Å². The quantitative estimate of drug-likeness (QED) is 0.881. The smallest absolute Gasteiger partial charge is 0.146 e. The number of hydrogen-bond donors (Lipinski definition) is 1. The first-order valence-corrected chi connectivity index (χ1v) is 6.28. The SMILES string of the molecule is Cc1nc(CN)nc(CCOc2ccccc2C)n1. The van der Waals surface area contributed by atoms with Crippen LogP contribution in [0.25, 0.3) is 0 Å². The van der Waals surface area contributed by atoms with Crippen molar-refractivity contribution in [1.82, 2.24) is 15.0 Å². The van der Waals surface area contributed by atoms with E-state index in [1.165, 1.54) is 0 Å². The highest BCUT2D eigenvalue weighted by molar-refractivity contribution is 5.31. The zero-order valence-corrected chi connectivity index (χ0v) is 11.3. The summed E-state index contributed by atoms with van der Waals surface area (Å²) in [5, 5.41) is 0. The van der Waals surface area contributed by atoms with E-state index in [1.54, 1.807) is 0 Å². The first kappa shape index (κ1) is 13.4. The molecule has 100 valence electrons. The number of ether oxygens (including phenoxy) is 1. The lowest BCUT2D eigenvalue weighted by molar-refractivity contribution is 0.316. The fourth-order valence-electron chi connectivity index (χ4n) is 1.77. The largest absolute Gasteiger partial charge is 0.493 e. The molecule has 0 saturated heterocycles. The molecule has 2 rings (SSSR count). The highest BCUT2D eigenvalue weighted by Gasteiger charge is 2.04. The summed E-state index contributed by atoms with van der Waals surface area (Å²) in [6.07, 6.45) is 0.644. The maximum absolute atomic E-state index is 5.72. The zero-order valence-electron chi connectivity index (χ0n) is 11.3. The van der Waals surface area contributed by atoms with E-state index < -0.39 is 0 Å². The summed E-state index contributed by atoms with van der Waals surface area (Å²) >= 11 is 0. The van der Waals surface area contributed by atoms with Crippen molar-refractivity contribution < 1.29 is 4.74 Å². The second-order valence-electron chi connectivity index (χ2n) is 4.28. The Hall–Kier alpha value is -2.01. The van der Waals surface area contributed by atoms with Gasteiger partial charge in [0.2, 0.25) is 0 Å². The molecule has 5 heteroatoms. The summed E-state index contributed by atoms with van der Waals surface area (Å²) in [4.78, 5) is 12.7. The van der Waals surface area contributed by atoms with Crippen molar-refractivity contribution in [2.75, 3.05) is 6.61 Å². The molecule has 0 fully saturated rings. The van der Waals surface area contributed by atoms with Crippen LogP contribution in [0.1, 0.15) is 23.0 Å². The molecule has 0 radical (unpaired) electrons. The van der Waals surface area contributed by atoms with Crippen LogP contribution in [0.3, 0.4) is 0 Å². The molecule has 0 bridgehead atoms. The van der Waals surface area contributed by atoms with Gasteiger partial charge in [0.05, 0.1) is 13.2 Å². The fraction of sp³-hybridized carbons (Fsp3) is 0.357. The second kappa shape index (κ2) is 6.24. The molecule has 0 spiro atoms. The van der Waals surface area contributed by atoms with Crippen molar-refractivity contribution in [3.8, 4) is 5.75 Å². The molecule has 0 amide bonds. The molecule has 0 aliphatic carbocycles. The van der Waals surface area contributed by atoms with E-state index in [0.717, 1.165) is 17.1 Å². The van der Waals surface area contributed by atoms with Gasteiger partial charge in [0.1, 0.15) is 23.2 Å². The summed E-state index contributed by atoms with van der Waals surface area (Å²) in [7, 11) is 0. The molecular weight excluding hydrogens is 240 g/mol. The Bertz CT molecular complexity index is 557. The number of hydrogen-bond acceptors (Lipinski definition) is 5. The number of nitrogens with zero attached hydrogens (tertiary/aromatic N) is 3. The van der Waals surface area contributed by atoms with E-state index in [4.69, 9.17) is 10.5 Å². The van der Waals surface area contributed by atoms with Crippen molar-refractivity contribution in [1.29, 1.82) is 0 Å². The minimum absolute atomic E-state index is 0.328. The summed E-state index contributed by atoms with van der Waals surface area (Å²) in [6.45, 7) is 4.73. The van der Waals surface area contributed by atoms with Crippen LogP contribution < -0.4 is 10.5 Å². The summed E-state index contributed by atoms with van der Waals surface area (Å²) in [5.74, 6) is 2.94. The van der Waals surface area contributed by atoms with E-state index in [0.29, 0.717) is 31.2 Å². The van der Waals surface area contributed by atoms with Crippen LogP contribution in [0.4, 0.5) is 0 Å². The highest BCUT2D eigenvalue weighted by Crippen LogP contribution is 2.16. The van der Waals surface area contributed by atoms with Gasteiger partial charge in [-0.1, -0.05) is 18.2 Å². The zero-order chi connectivity index (χ0) is 13.7.